The topological polar surface area (TPSA) is 35.5 Å². The van der Waals surface area contributed by atoms with Crippen molar-refractivity contribution in [3.05, 3.63) is 35.9 Å². The molecule has 0 saturated heterocycles. The Hall–Kier alpha value is -0.900. The second kappa shape index (κ2) is 8.31. The van der Waals surface area contributed by atoms with Crippen LogP contribution >= 0.6 is 0 Å². The number of rotatable bonds is 9. The van der Waals surface area contributed by atoms with Gasteiger partial charge in [-0.2, -0.15) is 0 Å². The van der Waals surface area contributed by atoms with Crippen LogP contribution in [-0.2, 0) is 5.54 Å². The average Bonchev–Trinajstić information content (AvgIpc) is 2.45. The van der Waals surface area contributed by atoms with Crippen LogP contribution in [0.4, 0.5) is 0 Å². The monoisotopic (exact) mass is 264 g/mol. The zero-order valence-electron chi connectivity index (χ0n) is 12.5. The van der Waals surface area contributed by atoms with Crippen LogP contribution in [0.2, 0.25) is 0 Å². The molecule has 108 valence electrons. The summed E-state index contributed by atoms with van der Waals surface area (Å²) >= 11 is 0. The van der Waals surface area contributed by atoms with Crippen LogP contribution in [0.5, 0.6) is 0 Å². The molecule has 1 rings (SSSR count). The van der Waals surface area contributed by atoms with Gasteiger partial charge in [0.05, 0.1) is 12.1 Å². The summed E-state index contributed by atoms with van der Waals surface area (Å²) in [6.07, 6.45) is 2.08. The van der Waals surface area contributed by atoms with E-state index >= 15 is 0 Å². The summed E-state index contributed by atoms with van der Waals surface area (Å²) in [5, 5.41) is 13.4. The molecular weight excluding hydrogens is 236 g/mol. The molecule has 0 radical (unpaired) electrons. The lowest BCUT2D eigenvalue weighted by Gasteiger charge is -2.35. The first kappa shape index (κ1) is 16.2. The summed E-state index contributed by atoms with van der Waals surface area (Å²) in [6, 6.07) is 10.3. The molecule has 1 aromatic rings. The first-order valence-corrected chi connectivity index (χ1v) is 7.28. The van der Waals surface area contributed by atoms with Gasteiger partial charge >= 0.3 is 0 Å². The van der Waals surface area contributed by atoms with E-state index in [1.807, 2.05) is 18.2 Å². The van der Waals surface area contributed by atoms with Gasteiger partial charge < -0.3 is 15.3 Å². The summed E-state index contributed by atoms with van der Waals surface area (Å²) < 4.78 is 0. The minimum Gasteiger partial charge on any atom is -0.394 e. The molecule has 0 aliphatic rings. The lowest BCUT2D eigenvalue weighted by molar-refractivity contribution is 0.138. The van der Waals surface area contributed by atoms with Crippen molar-refractivity contribution in [1.29, 1.82) is 0 Å². The minimum atomic E-state index is -0.321. The largest absolute Gasteiger partial charge is 0.394 e. The molecule has 1 aromatic carbocycles. The van der Waals surface area contributed by atoms with Crippen LogP contribution in [0.1, 0.15) is 32.3 Å². The number of aliphatic hydroxyl groups is 1. The van der Waals surface area contributed by atoms with Crippen molar-refractivity contribution in [2.75, 3.05) is 33.3 Å². The quantitative estimate of drug-likeness (QED) is 0.718. The van der Waals surface area contributed by atoms with Crippen LogP contribution < -0.4 is 5.32 Å². The van der Waals surface area contributed by atoms with Crippen molar-refractivity contribution in [2.45, 2.75) is 32.2 Å². The molecule has 0 heterocycles. The maximum atomic E-state index is 9.92. The highest BCUT2D eigenvalue weighted by Crippen LogP contribution is 2.25. The van der Waals surface area contributed by atoms with Crippen LogP contribution in [-0.4, -0.2) is 43.3 Å². The molecule has 3 nitrogen and oxygen atoms in total. The molecule has 0 bridgehead atoms. The highest BCUT2D eigenvalue weighted by molar-refractivity contribution is 5.24. The van der Waals surface area contributed by atoms with Gasteiger partial charge in [0, 0.05) is 6.54 Å². The summed E-state index contributed by atoms with van der Waals surface area (Å²) in [4.78, 5) is 2.32. The van der Waals surface area contributed by atoms with Gasteiger partial charge in [-0.1, -0.05) is 44.2 Å². The highest BCUT2D eigenvalue weighted by Gasteiger charge is 2.30. The lowest BCUT2D eigenvalue weighted by Crippen LogP contribution is -2.47. The summed E-state index contributed by atoms with van der Waals surface area (Å²) in [6.45, 7) is 7.34. The molecule has 0 fully saturated rings. The number of aliphatic hydroxyl groups excluding tert-OH is 1. The van der Waals surface area contributed by atoms with Crippen molar-refractivity contribution in [3.8, 4) is 0 Å². The molecule has 1 unspecified atom stereocenters. The van der Waals surface area contributed by atoms with E-state index < -0.39 is 0 Å². The van der Waals surface area contributed by atoms with Crippen LogP contribution in [0.3, 0.4) is 0 Å². The molecule has 2 N–H and O–H groups in total. The fourth-order valence-corrected chi connectivity index (χ4v) is 2.53. The number of likely N-dealkylation sites (N-methyl/N-ethyl adjacent to an activating group) is 1. The van der Waals surface area contributed by atoms with E-state index in [0.717, 1.165) is 32.5 Å². The Morgan fingerprint density at radius 3 is 2.37 bits per heavy atom. The van der Waals surface area contributed by atoms with Crippen molar-refractivity contribution < 1.29 is 5.11 Å². The fourth-order valence-electron chi connectivity index (χ4n) is 2.53. The zero-order chi connectivity index (χ0) is 14.1. The number of hydrogen-bond acceptors (Lipinski definition) is 3. The van der Waals surface area contributed by atoms with E-state index in [9.17, 15) is 5.11 Å². The summed E-state index contributed by atoms with van der Waals surface area (Å²) in [5.41, 5.74) is 0.849. The third-order valence-corrected chi connectivity index (χ3v) is 3.64. The van der Waals surface area contributed by atoms with Gasteiger partial charge in [-0.05, 0) is 38.5 Å². The average molecular weight is 264 g/mol. The third kappa shape index (κ3) is 4.60. The zero-order valence-corrected chi connectivity index (χ0v) is 12.5. The van der Waals surface area contributed by atoms with Crippen molar-refractivity contribution in [1.82, 2.24) is 10.2 Å². The molecular formula is C16H28N2O. The molecule has 19 heavy (non-hydrogen) atoms. The summed E-state index contributed by atoms with van der Waals surface area (Å²) in [7, 11) is 2.14. The van der Waals surface area contributed by atoms with Gasteiger partial charge in [-0.15, -0.1) is 0 Å². The van der Waals surface area contributed by atoms with Crippen molar-refractivity contribution >= 4 is 0 Å². The molecule has 0 aliphatic carbocycles. The second-order valence-electron chi connectivity index (χ2n) is 5.19. The van der Waals surface area contributed by atoms with Gasteiger partial charge in [0.15, 0.2) is 0 Å². The van der Waals surface area contributed by atoms with Gasteiger partial charge in [0.1, 0.15) is 0 Å². The second-order valence-corrected chi connectivity index (χ2v) is 5.19. The Morgan fingerprint density at radius 2 is 1.84 bits per heavy atom. The fraction of sp³-hybridized carbons (Fsp3) is 0.625. The molecule has 0 aliphatic heterocycles. The van der Waals surface area contributed by atoms with E-state index in [1.54, 1.807) is 0 Å². The number of benzene rings is 1. The Labute approximate surface area is 117 Å². The number of nitrogens with one attached hydrogen (secondary N) is 1. The lowest BCUT2D eigenvalue weighted by atomic mass is 9.87. The van der Waals surface area contributed by atoms with Crippen LogP contribution in [0.15, 0.2) is 30.3 Å². The third-order valence-electron chi connectivity index (χ3n) is 3.64. The maximum absolute atomic E-state index is 9.92. The normalized spacial score (nSPS) is 14.6. The minimum absolute atomic E-state index is 0.130. The van der Waals surface area contributed by atoms with E-state index in [0.29, 0.717) is 0 Å². The van der Waals surface area contributed by atoms with E-state index in [4.69, 9.17) is 0 Å². The Kier molecular flexibility index (Phi) is 7.06. The van der Waals surface area contributed by atoms with Crippen molar-refractivity contribution in [2.24, 2.45) is 0 Å². The molecule has 0 amide bonds. The molecule has 0 saturated carbocycles. The standard InChI is InChI=1S/C16H28N2O/c1-4-12-18(3)13-11-16(14-19,17-5-2)15-9-7-6-8-10-15/h6-10,17,19H,4-5,11-14H2,1-3H3. The molecule has 3 heteroatoms. The summed E-state index contributed by atoms with van der Waals surface area (Å²) in [5.74, 6) is 0. The molecule has 1 atom stereocenters. The van der Waals surface area contributed by atoms with Crippen LogP contribution in [0.25, 0.3) is 0 Å². The Bertz CT molecular complexity index is 342. The van der Waals surface area contributed by atoms with E-state index in [1.165, 1.54) is 5.56 Å². The predicted molar refractivity (Wildman–Crippen MR) is 81.3 cm³/mol. The smallest absolute Gasteiger partial charge is 0.0681 e. The molecule has 0 spiro atoms. The Balaban J connectivity index is 2.81. The first-order chi connectivity index (χ1) is 9.18. The highest BCUT2D eigenvalue weighted by atomic mass is 16.3. The molecule has 0 aromatic heterocycles. The SMILES string of the molecule is CCCN(C)CCC(CO)(NCC)c1ccccc1. The first-order valence-electron chi connectivity index (χ1n) is 7.28. The Morgan fingerprint density at radius 1 is 1.16 bits per heavy atom. The van der Waals surface area contributed by atoms with Crippen molar-refractivity contribution in [3.63, 3.8) is 0 Å². The van der Waals surface area contributed by atoms with Gasteiger partial charge in [-0.25, -0.2) is 0 Å². The van der Waals surface area contributed by atoms with Crippen LogP contribution in [0, 0.1) is 0 Å². The number of nitrogens with zero attached hydrogens (tertiary/aromatic N) is 1. The van der Waals surface area contributed by atoms with E-state index in [2.05, 4.69) is 43.2 Å². The van der Waals surface area contributed by atoms with Gasteiger partial charge in [0.25, 0.3) is 0 Å². The predicted octanol–water partition coefficient (Wildman–Crippen LogP) is 2.22. The van der Waals surface area contributed by atoms with Gasteiger partial charge in [0.2, 0.25) is 0 Å². The van der Waals surface area contributed by atoms with E-state index in [-0.39, 0.29) is 12.1 Å². The number of hydrogen-bond donors (Lipinski definition) is 2. The maximum Gasteiger partial charge on any atom is 0.0681 e. The van der Waals surface area contributed by atoms with Gasteiger partial charge in [-0.3, -0.25) is 0 Å².